The van der Waals surface area contributed by atoms with E-state index in [1.807, 2.05) is 0 Å². The van der Waals surface area contributed by atoms with Crippen LogP contribution in [0.4, 0.5) is 0 Å². The largest absolute Gasteiger partial charge is 0.390 e. The molecule has 5 heteroatoms. The molecule has 0 rings (SSSR count). The van der Waals surface area contributed by atoms with E-state index in [4.69, 9.17) is 4.74 Å². The fourth-order valence-electron chi connectivity index (χ4n) is 2.14. The van der Waals surface area contributed by atoms with Crippen LogP contribution in [0.1, 0.15) is 78.6 Å². The second kappa shape index (κ2) is 14.0. The van der Waals surface area contributed by atoms with Crippen molar-refractivity contribution < 1.29 is 14.9 Å². The van der Waals surface area contributed by atoms with Crippen LogP contribution in [0.3, 0.4) is 0 Å². The van der Waals surface area contributed by atoms with E-state index in [1.54, 1.807) is 42.5 Å². The fraction of sp³-hybridized carbons (Fsp3) is 1.00. The third-order valence-electron chi connectivity index (χ3n) is 3.51. The van der Waals surface area contributed by atoms with Gasteiger partial charge in [0.1, 0.15) is 0 Å². The minimum Gasteiger partial charge on any atom is -0.390 e. The molecule has 0 radical (unpaired) electrons. The molecule has 0 heterocycles. The van der Waals surface area contributed by atoms with Gasteiger partial charge in [-0.05, 0) is 20.3 Å². The van der Waals surface area contributed by atoms with Gasteiger partial charge < -0.3 is 14.9 Å². The molecule has 0 amide bonds. The zero-order valence-corrected chi connectivity index (χ0v) is 16.5. The van der Waals surface area contributed by atoms with E-state index in [1.165, 1.54) is 44.9 Å². The van der Waals surface area contributed by atoms with Gasteiger partial charge in [-0.3, -0.25) is 0 Å². The fourth-order valence-corrected chi connectivity index (χ4v) is 5.30. The van der Waals surface area contributed by atoms with Crippen molar-refractivity contribution in [3.63, 3.8) is 0 Å². The van der Waals surface area contributed by atoms with Crippen LogP contribution < -0.4 is 0 Å². The van der Waals surface area contributed by atoms with Crippen molar-refractivity contribution in [1.82, 2.24) is 0 Å². The minimum atomic E-state index is -0.719. The van der Waals surface area contributed by atoms with Gasteiger partial charge in [-0.25, -0.2) is 0 Å². The summed E-state index contributed by atoms with van der Waals surface area (Å²) in [5.74, 6) is 0.655. The number of ether oxygens (including phenoxy) is 1. The molecule has 3 nitrogen and oxygen atoms in total. The van der Waals surface area contributed by atoms with E-state index in [-0.39, 0.29) is 5.25 Å². The lowest BCUT2D eigenvalue weighted by atomic mass is 10.1. The average Bonchev–Trinajstić information content (AvgIpc) is 2.46. The van der Waals surface area contributed by atoms with Crippen molar-refractivity contribution in [2.45, 2.75) is 95.7 Å². The molecule has 0 aliphatic rings. The number of rotatable bonds is 15. The van der Waals surface area contributed by atoms with Gasteiger partial charge in [0.15, 0.2) is 6.29 Å². The van der Waals surface area contributed by atoms with Crippen LogP contribution in [0.5, 0.6) is 0 Å². The molecule has 2 unspecified atom stereocenters. The Hall–Kier alpha value is 0.580. The zero-order chi connectivity index (χ0) is 16.8. The van der Waals surface area contributed by atoms with Crippen molar-refractivity contribution in [3.05, 3.63) is 0 Å². The summed E-state index contributed by atoms with van der Waals surface area (Å²) in [7, 11) is 4.80. The molecule has 0 aromatic carbocycles. The molecule has 134 valence electrons. The molecule has 22 heavy (non-hydrogen) atoms. The molecule has 0 aliphatic carbocycles. The van der Waals surface area contributed by atoms with Gasteiger partial charge in [0, 0.05) is 12.9 Å². The molecule has 0 fully saturated rings. The van der Waals surface area contributed by atoms with E-state index < -0.39 is 11.9 Å². The summed E-state index contributed by atoms with van der Waals surface area (Å²) in [4.78, 5) is 0. The number of hydrogen-bond acceptors (Lipinski definition) is 5. The number of methoxy groups -OCH3 is 1. The minimum absolute atomic E-state index is 0.0810. The van der Waals surface area contributed by atoms with Gasteiger partial charge in [-0.2, -0.15) is 0 Å². The molecule has 2 N–H and O–H groups in total. The van der Waals surface area contributed by atoms with Crippen LogP contribution in [-0.2, 0) is 4.74 Å². The van der Waals surface area contributed by atoms with Gasteiger partial charge in [0.25, 0.3) is 0 Å². The topological polar surface area (TPSA) is 49.7 Å². The maximum absolute atomic E-state index is 9.93. The Morgan fingerprint density at radius 1 is 1.00 bits per heavy atom. The van der Waals surface area contributed by atoms with E-state index in [2.05, 4.69) is 6.92 Å². The first kappa shape index (κ1) is 22.6. The van der Waals surface area contributed by atoms with Crippen LogP contribution in [0.15, 0.2) is 0 Å². The third-order valence-corrected chi connectivity index (χ3v) is 6.69. The molecule has 0 aliphatic heterocycles. The van der Waals surface area contributed by atoms with Gasteiger partial charge in [-0.1, -0.05) is 79.9 Å². The predicted octanol–water partition coefficient (Wildman–Crippen LogP) is 5.00. The lowest BCUT2D eigenvalue weighted by Crippen LogP contribution is -2.25. The second-order valence-electron chi connectivity index (χ2n) is 6.60. The molecule has 0 saturated heterocycles. The summed E-state index contributed by atoms with van der Waals surface area (Å²) in [6, 6.07) is 0. The lowest BCUT2D eigenvalue weighted by Gasteiger charge is -2.22. The van der Waals surface area contributed by atoms with E-state index >= 15 is 0 Å². The molecule has 0 bridgehead atoms. The maximum atomic E-state index is 9.93. The molecular weight excluding hydrogens is 316 g/mol. The molecule has 0 saturated carbocycles. The highest BCUT2D eigenvalue weighted by atomic mass is 33.1. The highest BCUT2D eigenvalue weighted by molar-refractivity contribution is 8.77. The molecule has 0 aromatic heterocycles. The summed E-state index contributed by atoms with van der Waals surface area (Å²) in [5.41, 5.74) is -0.668. The normalized spacial score (nSPS) is 15.0. The van der Waals surface area contributed by atoms with Gasteiger partial charge in [-0.15, -0.1) is 0 Å². The van der Waals surface area contributed by atoms with Gasteiger partial charge in [0.05, 0.1) is 10.9 Å². The summed E-state index contributed by atoms with van der Waals surface area (Å²) in [5, 5.41) is 19.7. The van der Waals surface area contributed by atoms with Crippen LogP contribution in [0.25, 0.3) is 0 Å². The van der Waals surface area contributed by atoms with Crippen LogP contribution in [0, 0.1) is 0 Å². The first-order valence-electron chi connectivity index (χ1n) is 8.62. The SMILES string of the molecule is CCCCCCCCCCC(SSCC(C)(C)O)C(O)OC. The molecule has 0 spiro atoms. The van der Waals surface area contributed by atoms with Gasteiger partial charge >= 0.3 is 0 Å². The Labute approximate surface area is 145 Å². The van der Waals surface area contributed by atoms with E-state index in [0.29, 0.717) is 5.75 Å². The molecular formula is C17H36O3S2. The van der Waals surface area contributed by atoms with Crippen molar-refractivity contribution in [2.75, 3.05) is 12.9 Å². The van der Waals surface area contributed by atoms with E-state index in [9.17, 15) is 10.2 Å². The quantitative estimate of drug-likeness (QED) is 0.247. The number of aliphatic hydroxyl groups is 2. The number of hydrogen-bond donors (Lipinski definition) is 2. The Balaban J connectivity index is 3.77. The summed E-state index contributed by atoms with van der Waals surface area (Å²) in [6.07, 6.45) is 10.6. The summed E-state index contributed by atoms with van der Waals surface area (Å²) >= 11 is 0. The van der Waals surface area contributed by atoms with Crippen molar-refractivity contribution >= 4 is 21.6 Å². The van der Waals surface area contributed by atoms with Crippen LogP contribution >= 0.6 is 21.6 Å². The molecule has 0 aromatic rings. The monoisotopic (exact) mass is 352 g/mol. The maximum Gasteiger partial charge on any atom is 0.166 e. The van der Waals surface area contributed by atoms with Crippen LogP contribution in [0.2, 0.25) is 0 Å². The lowest BCUT2D eigenvalue weighted by molar-refractivity contribution is -0.0744. The first-order valence-corrected chi connectivity index (χ1v) is 11.0. The zero-order valence-electron chi connectivity index (χ0n) is 14.8. The predicted molar refractivity (Wildman–Crippen MR) is 100 cm³/mol. The van der Waals surface area contributed by atoms with E-state index in [0.717, 1.165) is 12.8 Å². The van der Waals surface area contributed by atoms with Crippen molar-refractivity contribution in [2.24, 2.45) is 0 Å². The summed E-state index contributed by atoms with van der Waals surface area (Å²) in [6.45, 7) is 5.86. The molecule has 2 atom stereocenters. The highest BCUT2D eigenvalue weighted by Gasteiger charge is 2.21. The van der Waals surface area contributed by atoms with Crippen molar-refractivity contribution in [1.29, 1.82) is 0 Å². The van der Waals surface area contributed by atoms with Gasteiger partial charge in [0.2, 0.25) is 0 Å². The van der Waals surface area contributed by atoms with Crippen molar-refractivity contribution in [3.8, 4) is 0 Å². The average molecular weight is 353 g/mol. The smallest absolute Gasteiger partial charge is 0.166 e. The van der Waals surface area contributed by atoms with Crippen LogP contribution in [-0.4, -0.2) is 40.2 Å². The third kappa shape index (κ3) is 14.2. The number of unbranched alkanes of at least 4 members (excludes halogenated alkanes) is 7. The Kier molecular flexibility index (Phi) is 14.3. The standard InChI is InChI=1S/C17H36O3S2/c1-5-6-7-8-9-10-11-12-13-15(16(18)20-4)22-21-14-17(2,3)19/h15-16,18-19H,5-14H2,1-4H3. The Bertz CT molecular complexity index is 245. The Morgan fingerprint density at radius 2 is 1.55 bits per heavy atom. The summed E-state index contributed by atoms with van der Waals surface area (Å²) < 4.78 is 5.08. The second-order valence-corrected chi connectivity index (χ2v) is 9.21. The number of aliphatic hydroxyl groups excluding tert-OH is 1. The Morgan fingerprint density at radius 3 is 2.05 bits per heavy atom. The first-order chi connectivity index (χ1) is 10.4. The highest BCUT2D eigenvalue weighted by Crippen LogP contribution is 2.34.